The summed E-state index contributed by atoms with van der Waals surface area (Å²) in [6.45, 7) is 6.38. The van der Waals surface area contributed by atoms with E-state index in [1.165, 1.54) is 26.2 Å². The molecule has 8 heteroatoms. The fraction of sp³-hybridized carbons (Fsp3) is 0.438. The molecule has 24 heavy (non-hydrogen) atoms. The monoisotopic (exact) mass is 333 g/mol. The van der Waals surface area contributed by atoms with Crippen molar-refractivity contribution in [1.82, 2.24) is 4.90 Å². The Bertz CT molecular complexity index is 756. The fourth-order valence-corrected chi connectivity index (χ4v) is 2.45. The second-order valence-corrected chi connectivity index (χ2v) is 5.99. The molecule has 0 spiro atoms. The molecule has 1 aliphatic rings. The van der Waals surface area contributed by atoms with Gasteiger partial charge in [-0.05, 0) is 18.9 Å². The third-order valence-electron chi connectivity index (χ3n) is 4.20. The first-order valence-electron chi connectivity index (χ1n) is 7.41. The number of nitrogens with zero attached hydrogens (tertiary/aromatic N) is 3. The average Bonchev–Trinajstić information content (AvgIpc) is 2.79. The quantitative estimate of drug-likeness (QED) is 0.459. The number of hydrogen-bond donors (Lipinski definition) is 0. The number of pyridine rings is 1. The summed E-state index contributed by atoms with van der Waals surface area (Å²) in [5.41, 5.74) is -1.45. The zero-order chi connectivity index (χ0) is 18.2. The summed E-state index contributed by atoms with van der Waals surface area (Å²) in [7, 11) is 1.18. The average molecular weight is 333 g/mol. The Balaban J connectivity index is 2.76. The highest BCUT2D eigenvalue weighted by molar-refractivity contribution is 6.24. The van der Waals surface area contributed by atoms with Gasteiger partial charge < -0.3 is 9.94 Å². The van der Waals surface area contributed by atoms with E-state index in [1.807, 2.05) is 0 Å². The van der Waals surface area contributed by atoms with Crippen LogP contribution in [-0.4, -0.2) is 41.2 Å². The molecule has 8 nitrogen and oxygen atoms in total. The first kappa shape index (κ1) is 17.6. The van der Waals surface area contributed by atoms with E-state index >= 15 is 0 Å². The predicted molar refractivity (Wildman–Crippen MR) is 84.0 cm³/mol. The van der Waals surface area contributed by atoms with Crippen LogP contribution in [0.1, 0.15) is 43.7 Å². The van der Waals surface area contributed by atoms with Crippen molar-refractivity contribution in [3.8, 4) is 0 Å². The van der Waals surface area contributed by atoms with Crippen LogP contribution in [0, 0.1) is 11.1 Å². The van der Waals surface area contributed by atoms with Crippen molar-refractivity contribution in [2.24, 2.45) is 10.9 Å². The normalized spacial score (nSPS) is 20.3. The topological polar surface area (TPSA) is 103 Å². The van der Waals surface area contributed by atoms with E-state index in [9.17, 15) is 19.6 Å². The van der Waals surface area contributed by atoms with E-state index in [1.54, 1.807) is 20.8 Å². The Kier molecular flexibility index (Phi) is 4.42. The molecule has 0 fully saturated rings. The van der Waals surface area contributed by atoms with E-state index < -0.39 is 23.3 Å². The SMILES string of the molecule is COC(=O)c1ccc[n+]([O-])c1C1=NC(C)(C(C)C)C(=O)N1C(C)=O. The molecule has 0 saturated heterocycles. The van der Waals surface area contributed by atoms with Gasteiger partial charge in [-0.15, -0.1) is 0 Å². The highest BCUT2D eigenvalue weighted by Gasteiger charge is 2.51. The lowest BCUT2D eigenvalue weighted by atomic mass is 9.89. The first-order chi connectivity index (χ1) is 11.1. The Morgan fingerprint density at radius 2 is 2.04 bits per heavy atom. The van der Waals surface area contributed by atoms with Gasteiger partial charge in [0.25, 0.3) is 11.6 Å². The third-order valence-corrected chi connectivity index (χ3v) is 4.20. The number of carbonyl (C=O) groups is 3. The molecule has 0 bridgehead atoms. The minimum absolute atomic E-state index is 0.0687. The number of imide groups is 1. The maximum Gasteiger partial charge on any atom is 0.344 e. The van der Waals surface area contributed by atoms with Crippen molar-refractivity contribution in [3.05, 3.63) is 34.8 Å². The van der Waals surface area contributed by atoms with Crippen LogP contribution in [0.2, 0.25) is 0 Å². The Hall–Kier alpha value is -2.77. The van der Waals surface area contributed by atoms with Gasteiger partial charge in [0.1, 0.15) is 11.1 Å². The van der Waals surface area contributed by atoms with Gasteiger partial charge in [-0.2, -0.15) is 4.73 Å². The number of rotatable bonds is 3. The molecule has 0 aromatic carbocycles. The van der Waals surface area contributed by atoms with Crippen LogP contribution in [0.3, 0.4) is 0 Å². The molecule has 1 aromatic rings. The molecule has 0 aliphatic carbocycles. The summed E-state index contributed by atoms with van der Waals surface area (Å²) in [5, 5.41) is 12.3. The van der Waals surface area contributed by atoms with Gasteiger partial charge in [-0.25, -0.2) is 14.7 Å². The van der Waals surface area contributed by atoms with Crippen molar-refractivity contribution >= 4 is 23.6 Å². The van der Waals surface area contributed by atoms with Crippen LogP contribution in [0.15, 0.2) is 23.3 Å². The number of esters is 1. The lowest BCUT2D eigenvalue weighted by Crippen LogP contribution is -2.48. The van der Waals surface area contributed by atoms with Crippen LogP contribution in [-0.2, 0) is 14.3 Å². The van der Waals surface area contributed by atoms with Gasteiger partial charge >= 0.3 is 5.97 Å². The van der Waals surface area contributed by atoms with E-state index in [4.69, 9.17) is 0 Å². The summed E-state index contributed by atoms with van der Waals surface area (Å²) in [6.07, 6.45) is 1.16. The van der Waals surface area contributed by atoms with Crippen LogP contribution in [0.25, 0.3) is 0 Å². The molecule has 1 aromatic heterocycles. The van der Waals surface area contributed by atoms with Gasteiger partial charge in [0, 0.05) is 13.0 Å². The van der Waals surface area contributed by atoms with E-state index in [2.05, 4.69) is 9.73 Å². The maximum absolute atomic E-state index is 12.7. The van der Waals surface area contributed by atoms with Gasteiger partial charge in [0.15, 0.2) is 6.20 Å². The molecule has 128 valence electrons. The fourth-order valence-electron chi connectivity index (χ4n) is 2.45. The van der Waals surface area contributed by atoms with E-state index in [-0.39, 0.29) is 23.0 Å². The summed E-state index contributed by atoms with van der Waals surface area (Å²) in [5.74, 6) is -2.22. The van der Waals surface area contributed by atoms with Gasteiger partial charge in [0.2, 0.25) is 11.7 Å². The molecule has 0 saturated carbocycles. The summed E-state index contributed by atoms with van der Waals surface area (Å²) >= 11 is 0. The lowest BCUT2D eigenvalue weighted by Gasteiger charge is -2.24. The van der Waals surface area contributed by atoms with Gasteiger partial charge in [0.05, 0.1) is 7.11 Å². The molecule has 1 atom stereocenters. The standard InChI is InChI=1S/C16H19N3O5/c1-9(2)16(4)15(22)19(10(3)20)13(17-16)12-11(14(21)24-5)7-6-8-18(12)23/h6-9H,1-5H3. The predicted octanol–water partition coefficient (Wildman–Crippen LogP) is 0.657. The number of amidine groups is 1. The zero-order valence-electron chi connectivity index (χ0n) is 14.2. The first-order valence-corrected chi connectivity index (χ1v) is 7.41. The molecule has 1 unspecified atom stereocenters. The van der Waals surface area contributed by atoms with E-state index in [0.717, 1.165) is 11.1 Å². The number of methoxy groups -OCH3 is 1. The van der Waals surface area contributed by atoms with Gasteiger partial charge in [-0.1, -0.05) is 13.8 Å². The molecule has 2 amide bonds. The largest absolute Gasteiger partial charge is 0.618 e. The highest BCUT2D eigenvalue weighted by Crippen LogP contribution is 2.32. The van der Waals surface area contributed by atoms with Crippen molar-refractivity contribution in [3.63, 3.8) is 0 Å². The van der Waals surface area contributed by atoms with Crippen molar-refractivity contribution in [2.45, 2.75) is 33.2 Å². The van der Waals surface area contributed by atoms with Crippen LogP contribution in [0.4, 0.5) is 0 Å². The number of carbonyl (C=O) groups excluding carboxylic acids is 3. The van der Waals surface area contributed by atoms with Gasteiger partial charge in [-0.3, -0.25) is 9.59 Å². The molecule has 2 rings (SSSR count). The zero-order valence-corrected chi connectivity index (χ0v) is 14.2. The number of ether oxygens (including phenoxy) is 1. The highest BCUT2D eigenvalue weighted by atomic mass is 16.5. The molecule has 1 aliphatic heterocycles. The summed E-state index contributed by atoms with van der Waals surface area (Å²) < 4.78 is 5.08. The van der Waals surface area contributed by atoms with Crippen molar-refractivity contribution < 1.29 is 23.9 Å². The molecular formula is C16H19N3O5. The smallest absolute Gasteiger partial charge is 0.344 e. The number of amides is 2. The second-order valence-electron chi connectivity index (χ2n) is 5.99. The maximum atomic E-state index is 12.7. The van der Waals surface area contributed by atoms with Crippen LogP contribution in [0.5, 0.6) is 0 Å². The summed E-state index contributed by atoms with van der Waals surface area (Å²) in [6, 6.07) is 2.76. The molecule has 0 radical (unpaired) electrons. The number of aromatic nitrogens is 1. The minimum Gasteiger partial charge on any atom is -0.618 e. The third kappa shape index (κ3) is 2.53. The summed E-state index contributed by atoms with van der Waals surface area (Å²) in [4.78, 5) is 41.9. The molecule has 2 heterocycles. The number of hydrogen-bond acceptors (Lipinski definition) is 6. The van der Waals surface area contributed by atoms with Crippen molar-refractivity contribution in [2.75, 3.05) is 7.11 Å². The second kappa shape index (κ2) is 6.03. The Morgan fingerprint density at radius 1 is 1.42 bits per heavy atom. The molecular weight excluding hydrogens is 314 g/mol. The van der Waals surface area contributed by atoms with E-state index in [0.29, 0.717) is 4.73 Å². The lowest BCUT2D eigenvalue weighted by molar-refractivity contribution is -0.607. The van der Waals surface area contributed by atoms with Crippen LogP contribution < -0.4 is 4.73 Å². The Morgan fingerprint density at radius 3 is 2.54 bits per heavy atom. The molecule has 0 N–H and O–H groups in total. The van der Waals surface area contributed by atoms with Crippen molar-refractivity contribution in [1.29, 1.82) is 0 Å². The number of aliphatic imine (C=N–C) groups is 1. The van der Waals surface area contributed by atoms with Crippen LogP contribution >= 0.6 is 0 Å². The Labute approximate surface area is 139 Å². The minimum atomic E-state index is -1.20.